The van der Waals surface area contributed by atoms with Gasteiger partial charge >= 0.3 is 0 Å². The van der Waals surface area contributed by atoms with Gasteiger partial charge in [-0.2, -0.15) is 4.98 Å². The third-order valence-corrected chi connectivity index (χ3v) is 6.20. The van der Waals surface area contributed by atoms with Crippen LogP contribution in [0.5, 0.6) is 0 Å². The highest BCUT2D eigenvalue weighted by atomic mass is 16.5. The largest absolute Gasteiger partial charge is 0.335 e. The van der Waals surface area contributed by atoms with Crippen LogP contribution in [0.2, 0.25) is 0 Å². The number of benzene rings is 2. The standard InChI is InChI=1S/C27H31N5O3/c1-4-22(31(16-8-15-28)26(33)21-13-11-18(2)12-14-21)24-29-25-23(19(3)30-35-25)27(34)32(24)17-20-9-6-5-7-10-20/h5-7,9-14,22H,4,8,15-17,28H2,1-3H3/t22-/m1/s1. The summed E-state index contributed by atoms with van der Waals surface area (Å²) < 4.78 is 7.04. The number of carbonyl (C=O) groups excluding carboxylic acids is 1. The van der Waals surface area contributed by atoms with Crippen LogP contribution in [0.25, 0.3) is 11.1 Å². The first kappa shape index (κ1) is 24.3. The van der Waals surface area contributed by atoms with E-state index in [1.807, 2.05) is 68.4 Å². The predicted octanol–water partition coefficient (Wildman–Crippen LogP) is 3.99. The molecule has 0 spiro atoms. The molecule has 2 N–H and O–H groups in total. The summed E-state index contributed by atoms with van der Waals surface area (Å²) in [5, 5.41) is 4.33. The Morgan fingerprint density at radius 2 is 1.83 bits per heavy atom. The fourth-order valence-electron chi connectivity index (χ4n) is 4.32. The summed E-state index contributed by atoms with van der Waals surface area (Å²) in [5.41, 5.74) is 8.89. The Hall–Kier alpha value is -3.78. The molecule has 8 heteroatoms. The fourth-order valence-corrected chi connectivity index (χ4v) is 4.32. The molecule has 0 aliphatic heterocycles. The van der Waals surface area contributed by atoms with Crippen LogP contribution in [0.15, 0.2) is 63.9 Å². The van der Waals surface area contributed by atoms with E-state index in [0.717, 1.165) is 11.1 Å². The molecular formula is C27H31N5O3. The van der Waals surface area contributed by atoms with Gasteiger partial charge in [0.05, 0.1) is 18.3 Å². The normalized spacial score (nSPS) is 12.1. The van der Waals surface area contributed by atoms with Crippen LogP contribution < -0.4 is 11.3 Å². The van der Waals surface area contributed by atoms with Crippen molar-refractivity contribution in [3.05, 3.63) is 93.2 Å². The molecule has 182 valence electrons. The first-order valence-electron chi connectivity index (χ1n) is 11.9. The average Bonchev–Trinajstić information content (AvgIpc) is 3.25. The lowest BCUT2D eigenvalue weighted by Gasteiger charge is -2.32. The van der Waals surface area contributed by atoms with E-state index in [1.165, 1.54) is 0 Å². The molecule has 0 bridgehead atoms. The SMILES string of the molecule is CC[C@H](c1nc2onc(C)c2c(=O)n1Cc1ccccc1)N(CCCN)C(=O)c1ccc(C)cc1. The van der Waals surface area contributed by atoms with E-state index in [-0.39, 0.29) is 17.2 Å². The zero-order valence-electron chi connectivity index (χ0n) is 20.4. The molecular weight excluding hydrogens is 442 g/mol. The number of fused-ring (bicyclic) bond motifs is 1. The molecule has 2 aromatic heterocycles. The van der Waals surface area contributed by atoms with E-state index in [4.69, 9.17) is 15.2 Å². The van der Waals surface area contributed by atoms with Gasteiger partial charge < -0.3 is 15.2 Å². The van der Waals surface area contributed by atoms with Crippen molar-refractivity contribution in [2.75, 3.05) is 13.1 Å². The Balaban J connectivity index is 1.86. The Kier molecular flexibility index (Phi) is 7.41. The van der Waals surface area contributed by atoms with Crippen molar-refractivity contribution in [2.24, 2.45) is 5.73 Å². The lowest BCUT2D eigenvalue weighted by atomic mass is 10.1. The number of rotatable bonds is 9. The highest BCUT2D eigenvalue weighted by Gasteiger charge is 2.30. The first-order valence-corrected chi connectivity index (χ1v) is 11.9. The summed E-state index contributed by atoms with van der Waals surface area (Å²) in [6.07, 6.45) is 1.18. The quantitative estimate of drug-likeness (QED) is 0.394. The zero-order chi connectivity index (χ0) is 24.9. The third-order valence-electron chi connectivity index (χ3n) is 6.20. The van der Waals surface area contributed by atoms with Gasteiger partial charge in [-0.25, -0.2) is 0 Å². The van der Waals surface area contributed by atoms with Gasteiger partial charge in [0.2, 0.25) is 0 Å². The predicted molar refractivity (Wildman–Crippen MR) is 135 cm³/mol. The maximum atomic E-state index is 13.7. The third kappa shape index (κ3) is 5.02. The molecule has 2 heterocycles. The Bertz CT molecular complexity index is 1360. The molecule has 8 nitrogen and oxygen atoms in total. The zero-order valence-corrected chi connectivity index (χ0v) is 20.4. The Morgan fingerprint density at radius 3 is 2.49 bits per heavy atom. The van der Waals surface area contributed by atoms with Crippen molar-refractivity contribution in [3.63, 3.8) is 0 Å². The average molecular weight is 474 g/mol. The van der Waals surface area contributed by atoms with Crippen LogP contribution in [0.4, 0.5) is 0 Å². The molecule has 2 aromatic carbocycles. The number of carbonyl (C=O) groups is 1. The number of amides is 1. The summed E-state index contributed by atoms with van der Waals surface area (Å²) in [5.74, 6) is 0.349. The molecule has 4 rings (SSSR count). The fraction of sp³-hybridized carbons (Fsp3) is 0.333. The van der Waals surface area contributed by atoms with Gasteiger partial charge in [0.1, 0.15) is 11.2 Å². The minimum atomic E-state index is -0.457. The number of aryl methyl sites for hydroxylation is 2. The van der Waals surface area contributed by atoms with Crippen molar-refractivity contribution < 1.29 is 9.32 Å². The molecule has 0 aliphatic carbocycles. The first-order chi connectivity index (χ1) is 16.9. The van der Waals surface area contributed by atoms with Crippen LogP contribution >= 0.6 is 0 Å². The van der Waals surface area contributed by atoms with E-state index < -0.39 is 6.04 Å². The number of nitrogens with zero attached hydrogens (tertiary/aromatic N) is 4. The Morgan fingerprint density at radius 1 is 1.11 bits per heavy atom. The molecule has 0 saturated carbocycles. The van der Waals surface area contributed by atoms with Crippen molar-refractivity contribution in [3.8, 4) is 0 Å². The topological polar surface area (TPSA) is 107 Å². The smallest absolute Gasteiger partial charge is 0.267 e. The molecule has 0 aliphatic rings. The number of hydrogen-bond acceptors (Lipinski definition) is 6. The van der Waals surface area contributed by atoms with E-state index in [2.05, 4.69) is 5.16 Å². The van der Waals surface area contributed by atoms with Gasteiger partial charge in [-0.05, 0) is 50.9 Å². The minimum absolute atomic E-state index is 0.125. The summed E-state index contributed by atoms with van der Waals surface area (Å²) >= 11 is 0. The Labute approximate surface area is 204 Å². The molecule has 0 unspecified atom stereocenters. The minimum Gasteiger partial charge on any atom is -0.335 e. The van der Waals surface area contributed by atoms with Gasteiger partial charge in [0.25, 0.3) is 17.2 Å². The second-order valence-electron chi connectivity index (χ2n) is 8.73. The number of hydrogen-bond donors (Lipinski definition) is 1. The molecule has 35 heavy (non-hydrogen) atoms. The van der Waals surface area contributed by atoms with Crippen LogP contribution in [0.1, 0.15) is 58.8 Å². The van der Waals surface area contributed by atoms with Crippen LogP contribution in [0, 0.1) is 13.8 Å². The van der Waals surface area contributed by atoms with Crippen molar-refractivity contribution in [1.29, 1.82) is 0 Å². The van der Waals surface area contributed by atoms with Crippen molar-refractivity contribution >= 4 is 17.0 Å². The molecule has 0 saturated heterocycles. The van der Waals surface area contributed by atoms with E-state index in [0.29, 0.717) is 54.9 Å². The molecule has 1 atom stereocenters. The van der Waals surface area contributed by atoms with Crippen LogP contribution in [-0.4, -0.2) is 38.6 Å². The second kappa shape index (κ2) is 10.7. The summed E-state index contributed by atoms with van der Waals surface area (Å²) in [4.78, 5) is 33.9. The summed E-state index contributed by atoms with van der Waals surface area (Å²) in [6.45, 7) is 6.90. The highest BCUT2D eigenvalue weighted by molar-refractivity contribution is 5.94. The maximum Gasteiger partial charge on any atom is 0.267 e. The number of nitrogens with two attached hydrogens (primary N) is 1. The van der Waals surface area contributed by atoms with Gasteiger partial charge in [-0.3, -0.25) is 14.2 Å². The lowest BCUT2D eigenvalue weighted by molar-refractivity contribution is 0.0655. The van der Waals surface area contributed by atoms with Gasteiger partial charge in [0.15, 0.2) is 0 Å². The monoisotopic (exact) mass is 473 g/mol. The molecule has 0 radical (unpaired) electrons. The molecule has 4 aromatic rings. The van der Waals surface area contributed by atoms with Gasteiger partial charge in [-0.1, -0.05) is 60.1 Å². The van der Waals surface area contributed by atoms with Crippen molar-refractivity contribution in [1.82, 2.24) is 19.6 Å². The van der Waals surface area contributed by atoms with E-state index in [9.17, 15) is 9.59 Å². The van der Waals surface area contributed by atoms with Gasteiger partial charge in [0, 0.05) is 12.1 Å². The van der Waals surface area contributed by atoms with Crippen LogP contribution in [-0.2, 0) is 6.54 Å². The summed E-state index contributed by atoms with van der Waals surface area (Å²) in [6, 6.07) is 16.8. The van der Waals surface area contributed by atoms with Gasteiger partial charge in [-0.15, -0.1) is 0 Å². The molecule has 0 fully saturated rings. The number of aromatic nitrogens is 3. The molecule has 1 amide bonds. The lowest BCUT2D eigenvalue weighted by Crippen LogP contribution is -2.40. The summed E-state index contributed by atoms with van der Waals surface area (Å²) in [7, 11) is 0. The maximum absolute atomic E-state index is 13.7. The second-order valence-corrected chi connectivity index (χ2v) is 8.73. The highest BCUT2D eigenvalue weighted by Crippen LogP contribution is 2.27. The van der Waals surface area contributed by atoms with Crippen molar-refractivity contribution in [2.45, 2.75) is 46.2 Å². The van der Waals surface area contributed by atoms with E-state index >= 15 is 0 Å². The van der Waals surface area contributed by atoms with Crippen LogP contribution in [0.3, 0.4) is 0 Å². The van der Waals surface area contributed by atoms with E-state index in [1.54, 1.807) is 16.4 Å².